The van der Waals surface area contributed by atoms with Crippen molar-refractivity contribution < 1.29 is 47.7 Å². The summed E-state index contributed by atoms with van der Waals surface area (Å²) in [5.41, 5.74) is 3.63. The Kier molecular flexibility index (Phi) is 9.66. The quantitative estimate of drug-likeness (QED) is 0.203. The molecule has 1 fully saturated rings. The molecule has 0 radical (unpaired) electrons. The number of ether oxygens (including phenoxy) is 5. The lowest BCUT2D eigenvalue weighted by atomic mass is 9.97. The molecule has 2 aromatic carbocycles. The van der Waals surface area contributed by atoms with E-state index in [2.05, 4.69) is 10.3 Å². The first-order valence-corrected chi connectivity index (χ1v) is 13.4. The minimum atomic E-state index is -1.33. The van der Waals surface area contributed by atoms with Gasteiger partial charge in [-0.1, -0.05) is 53.7 Å². The zero-order valence-corrected chi connectivity index (χ0v) is 24.2. The highest BCUT2D eigenvalue weighted by Gasteiger charge is 2.53. The first-order chi connectivity index (χ1) is 20.4. The van der Waals surface area contributed by atoms with E-state index in [4.69, 9.17) is 23.7 Å². The predicted molar refractivity (Wildman–Crippen MR) is 148 cm³/mol. The number of hydrogen-bond acceptors (Lipinski definition) is 12. The number of ketones is 1. The van der Waals surface area contributed by atoms with Crippen LogP contribution in [0.15, 0.2) is 54.7 Å². The van der Waals surface area contributed by atoms with Gasteiger partial charge in [-0.05, 0) is 18.1 Å². The van der Waals surface area contributed by atoms with Crippen molar-refractivity contribution in [3.05, 3.63) is 60.3 Å². The normalized spacial score (nSPS) is 21.4. The molecule has 1 saturated heterocycles. The molecule has 13 nitrogen and oxygen atoms in total. The number of Topliss-reactive ketones (excluding diaryl/α,β-unsaturated/α-hetero) is 1. The van der Waals surface area contributed by atoms with E-state index in [0.717, 1.165) is 31.9 Å². The number of nitrogens with zero attached hydrogens (tertiary/aromatic N) is 3. The van der Waals surface area contributed by atoms with Gasteiger partial charge in [0, 0.05) is 38.8 Å². The van der Waals surface area contributed by atoms with Gasteiger partial charge in [0.05, 0.1) is 6.20 Å². The van der Waals surface area contributed by atoms with Crippen LogP contribution in [0, 0.1) is 0 Å². The summed E-state index contributed by atoms with van der Waals surface area (Å²) in [6, 6.07) is 14.7. The van der Waals surface area contributed by atoms with Crippen molar-refractivity contribution in [2.45, 2.75) is 65.3 Å². The first kappa shape index (κ1) is 31.0. The molecular formula is C30H31N3O10. The fourth-order valence-electron chi connectivity index (χ4n) is 4.68. The molecule has 0 aliphatic carbocycles. The van der Waals surface area contributed by atoms with E-state index in [1.54, 1.807) is 18.3 Å². The van der Waals surface area contributed by atoms with Crippen molar-refractivity contribution in [1.82, 2.24) is 15.0 Å². The number of carbonyl (C=O) groups is 5. The van der Waals surface area contributed by atoms with Gasteiger partial charge in [0.15, 0.2) is 30.3 Å². The average Bonchev–Trinajstić information content (AvgIpc) is 3.44. The number of esters is 4. The maximum Gasteiger partial charge on any atom is 0.303 e. The van der Waals surface area contributed by atoms with Crippen LogP contribution < -0.4 is 0 Å². The SMILES string of the molecule is CC(=O)OC[C@H]1OC(n2cc(-c3ccc(-c4ccc(C(C)=O)cc4)cc3)nn2)[C@H](OC(C)=O)[C@@H](OC(C)=O)[C@@H]1OC(C)=O. The van der Waals surface area contributed by atoms with Gasteiger partial charge in [0.1, 0.15) is 18.4 Å². The molecule has 0 amide bonds. The van der Waals surface area contributed by atoms with Crippen molar-refractivity contribution in [2.75, 3.05) is 6.61 Å². The predicted octanol–water partition coefficient (Wildman–Crippen LogP) is 3.07. The van der Waals surface area contributed by atoms with Crippen LogP contribution in [0.4, 0.5) is 0 Å². The third-order valence-electron chi connectivity index (χ3n) is 6.54. The number of aromatic nitrogens is 3. The molecule has 3 aromatic rings. The van der Waals surface area contributed by atoms with Crippen LogP contribution in [-0.2, 0) is 42.9 Å². The summed E-state index contributed by atoms with van der Waals surface area (Å²) in [4.78, 5) is 59.3. The van der Waals surface area contributed by atoms with Gasteiger partial charge >= 0.3 is 23.9 Å². The lowest BCUT2D eigenvalue weighted by Gasteiger charge is -2.44. The third-order valence-corrected chi connectivity index (χ3v) is 6.54. The lowest BCUT2D eigenvalue weighted by molar-refractivity contribution is -0.270. The number of rotatable bonds is 9. The van der Waals surface area contributed by atoms with Crippen molar-refractivity contribution in [2.24, 2.45) is 0 Å². The van der Waals surface area contributed by atoms with E-state index < -0.39 is 54.5 Å². The van der Waals surface area contributed by atoms with Crippen LogP contribution in [0.1, 0.15) is 51.2 Å². The van der Waals surface area contributed by atoms with Crippen LogP contribution in [0.2, 0.25) is 0 Å². The number of hydrogen-bond donors (Lipinski definition) is 0. The Morgan fingerprint density at radius 2 is 1.21 bits per heavy atom. The molecule has 13 heteroatoms. The molecule has 1 aliphatic rings. The van der Waals surface area contributed by atoms with Crippen molar-refractivity contribution in [3.8, 4) is 22.4 Å². The molecule has 5 atom stereocenters. The average molecular weight is 594 g/mol. The molecule has 1 aliphatic heterocycles. The van der Waals surface area contributed by atoms with Crippen LogP contribution in [0.3, 0.4) is 0 Å². The monoisotopic (exact) mass is 593 g/mol. The molecule has 0 spiro atoms. The molecule has 0 bridgehead atoms. The maximum absolute atomic E-state index is 12.1. The Labute approximate surface area is 247 Å². The second-order valence-electron chi connectivity index (χ2n) is 9.88. The zero-order chi connectivity index (χ0) is 31.3. The van der Waals surface area contributed by atoms with Crippen LogP contribution in [0.25, 0.3) is 22.4 Å². The lowest BCUT2D eigenvalue weighted by Crippen LogP contribution is -2.60. The summed E-state index contributed by atoms with van der Waals surface area (Å²) in [5, 5.41) is 8.41. The summed E-state index contributed by atoms with van der Waals surface area (Å²) < 4.78 is 28.9. The maximum atomic E-state index is 12.1. The number of carbonyl (C=O) groups excluding carboxylic acids is 5. The molecule has 43 heavy (non-hydrogen) atoms. The van der Waals surface area contributed by atoms with Gasteiger partial charge in [-0.25, -0.2) is 4.68 Å². The highest BCUT2D eigenvalue weighted by Crippen LogP contribution is 2.35. The van der Waals surface area contributed by atoms with Crippen LogP contribution in [-0.4, -0.2) is 75.7 Å². The second-order valence-corrected chi connectivity index (χ2v) is 9.88. The van der Waals surface area contributed by atoms with Gasteiger partial charge in [-0.2, -0.15) is 0 Å². The molecule has 4 rings (SSSR count). The second kappa shape index (κ2) is 13.4. The van der Waals surface area contributed by atoms with E-state index in [1.165, 1.54) is 18.5 Å². The van der Waals surface area contributed by atoms with E-state index in [1.807, 2.05) is 36.4 Å². The van der Waals surface area contributed by atoms with Gasteiger partial charge in [-0.3, -0.25) is 24.0 Å². The van der Waals surface area contributed by atoms with Crippen LogP contribution >= 0.6 is 0 Å². The molecule has 226 valence electrons. The molecule has 0 saturated carbocycles. The highest BCUT2D eigenvalue weighted by atomic mass is 16.7. The van der Waals surface area contributed by atoms with E-state index >= 15 is 0 Å². The Bertz CT molecular complexity index is 1500. The Morgan fingerprint density at radius 3 is 1.74 bits per heavy atom. The molecule has 2 heterocycles. The fourth-order valence-corrected chi connectivity index (χ4v) is 4.68. The smallest absolute Gasteiger partial charge is 0.303 e. The van der Waals surface area contributed by atoms with Gasteiger partial charge < -0.3 is 23.7 Å². The summed E-state index contributed by atoms with van der Waals surface area (Å²) in [6.07, 6.45) is -4.68. The zero-order valence-electron chi connectivity index (χ0n) is 24.2. The van der Waals surface area contributed by atoms with Gasteiger partial charge in [0.2, 0.25) is 0 Å². The minimum Gasteiger partial charge on any atom is -0.463 e. The first-order valence-electron chi connectivity index (χ1n) is 13.4. The van der Waals surface area contributed by atoms with Crippen LogP contribution in [0.5, 0.6) is 0 Å². The standard InChI is InChI=1S/C30H31N3O10/c1-16(34)21-6-8-22(9-7-21)23-10-12-24(13-11-23)25-14-33(32-31-25)30-29(42-20(5)38)28(41-19(4)37)27(40-18(3)36)26(43-30)15-39-17(2)35/h6-14,26-30H,15H2,1-5H3/t26-,27-,28+,29-,30?/m1/s1. The fraction of sp³-hybridized carbons (Fsp3) is 0.367. The Morgan fingerprint density at radius 1 is 0.698 bits per heavy atom. The Balaban J connectivity index is 1.66. The van der Waals surface area contributed by atoms with E-state index in [9.17, 15) is 24.0 Å². The minimum absolute atomic E-state index is 0.0124. The molecular weight excluding hydrogens is 562 g/mol. The van der Waals surface area contributed by atoms with Gasteiger partial charge in [0.25, 0.3) is 0 Å². The Hall–Kier alpha value is -4.91. The molecule has 1 unspecified atom stereocenters. The summed E-state index contributed by atoms with van der Waals surface area (Å²) in [7, 11) is 0. The van der Waals surface area contributed by atoms with E-state index in [-0.39, 0.29) is 12.4 Å². The van der Waals surface area contributed by atoms with Crippen molar-refractivity contribution in [1.29, 1.82) is 0 Å². The van der Waals surface area contributed by atoms with Crippen molar-refractivity contribution >= 4 is 29.7 Å². The largest absolute Gasteiger partial charge is 0.463 e. The summed E-state index contributed by atoms with van der Waals surface area (Å²) in [6.45, 7) is 5.81. The third kappa shape index (κ3) is 7.68. The summed E-state index contributed by atoms with van der Waals surface area (Å²) >= 11 is 0. The topological polar surface area (TPSA) is 162 Å². The highest BCUT2D eigenvalue weighted by molar-refractivity contribution is 5.94. The van der Waals surface area contributed by atoms with Crippen molar-refractivity contribution in [3.63, 3.8) is 0 Å². The van der Waals surface area contributed by atoms with E-state index in [0.29, 0.717) is 16.8 Å². The molecule has 0 N–H and O–H groups in total. The number of benzene rings is 2. The summed E-state index contributed by atoms with van der Waals surface area (Å²) in [5.74, 6) is -2.81. The van der Waals surface area contributed by atoms with Gasteiger partial charge in [-0.15, -0.1) is 5.10 Å². The molecule has 1 aromatic heterocycles.